The van der Waals surface area contributed by atoms with E-state index in [-0.39, 0.29) is 6.61 Å². The molecule has 0 atom stereocenters. The second-order valence-corrected chi connectivity index (χ2v) is 3.40. The fourth-order valence-electron chi connectivity index (χ4n) is 1.64. The number of hydrogen-bond donors (Lipinski definition) is 1. The van der Waals surface area contributed by atoms with Crippen molar-refractivity contribution >= 4 is 0 Å². The van der Waals surface area contributed by atoms with Gasteiger partial charge >= 0.3 is 0 Å². The first-order valence-corrected chi connectivity index (χ1v) is 5.10. The molecule has 0 aliphatic rings. The third-order valence-corrected chi connectivity index (χ3v) is 2.32. The zero-order valence-corrected chi connectivity index (χ0v) is 9.95. The molecule has 16 heavy (non-hydrogen) atoms. The predicted molar refractivity (Wildman–Crippen MR) is 61.0 cm³/mol. The summed E-state index contributed by atoms with van der Waals surface area (Å²) in [6.07, 6.45) is 0.594. The van der Waals surface area contributed by atoms with E-state index >= 15 is 0 Å². The van der Waals surface area contributed by atoms with Gasteiger partial charge < -0.3 is 19.3 Å². The second kappa shape index (κ2) is 6.35. The quantitative estimate of drug-likeness (QED) is 0.796. The zero-order valence-electron chi connectivity index (χ0n) is 9.95. The topological polar surface area (TPSA) is 47.9 Å². The van der Waals surface area contributed by atoms with Crippen molar-refractivity contribution < 1.29 is 19.3 Å². The molecule has 0 saturated heterocycles. The van der Waals surface area contributed by atoms with Gasteiger partial charge in [0.15, 0.2) is 11.5 Å². The average Bonchev–Trinajstić information content (AvgIpc) is 2.29. The van der Waals surface area contributed by atoms with E-state index < -0.39 is 0 Å². The van der Waals surface area contributed by atoms with E-state index in [1.54, 1.807) is 21.3 Å². The summed E-state index contributed by atoms with van der Waals surface area (Å²) < 4.78 is 15.6. The Balaban J connectivity index is 3.14. The lowest BCUT2D eigenvalue weighted by molar-refractivity contribution is 0.180. The van der Waals surface area contributed by atoms with E-state index in [0.717, 1.165) is 11.1 Å². The molecule has 4 nitrogen and oxygen atoms in total. The summed E-state index contributed by atoms with van der Waals surface area (Å²) in [7, 11) is 4.82. The molecule has 4 heteroatoms. The zero-order chi connectivity index (χ0) is 12.0. The van der Waals surface area contributed by atoms with E-state index in [4.69, 9.17) is 19.3 Å². The number of aliphatic hydroxyl groups is 1. The molecule has 0 amide bonds. The number of rotatable bonds is 6. The molecule has 0 aliphatic heterocycles. The Kier molecular flexibility index (Phi) is 5.08. The Morgan fingerprint density at radius 3 is 2.38 bits per heavy atom. The summed E-state index contributed by atoms with van der Waals surface area (Å²) in [5, 5.41) is 8.93. The molecular formula is C12H18O4. The standard InChI is InChI=1S/C12H18O4/c1-14-8-10-6-9(4-5-13)7-11(15-2)12(10)16-3/h6-7,13H,4-5,8H2,1-3H3. The van der Waals surface area contributed by atoms with Crippen molar-refractivity contribution in [3.05, 3.63) is 23.3 Å². The van der Waals surface area contributed by atoms with E-state index in [9.17, 15) is 0 Å². The summed E-state index contributed by atoms with van der Waals surface area (Å²) >= 11 is 0. The Labute approximate surface area is 95.8 Å². The van der Waals surface area contributed by atoms with Crippen molar-refractivity contribution in [2.75, 3.05) is 27.9 Å². The smallest absolute Gasteiger partial charge is 0.166 e. The van der Waals surface area contributed by atoms with Crippen LogP contribution in [0.3, 0.4) is 0 Å². The van der Waals surface area contributed by atoms with Gasteiger partial charge in [-0.15, -0.1) is 0 Å². The molecule has 0 fully saturated rings. The fraction of sp³-hybridized carbons (Fsp3) is 0.500. The Hall–Kier alpha value is -1.26. The largest absolute Gasteiger partial charge is 0.493 e. The Morgan fingerprint density at radius 1 is 1.12 bits per heavy atom. The van der Waals surface area contributed by atoms with Gasteiger partial charge in [0.1, 0.15) is 0 Å². The monoisotopic (exact) mass is 226 g/mol. The van der Waals surface area contributed by atoms with E-state index in [2.05, 4.69) is 0 Å². The third kappa shape index (κ3) is 2.87. The SMILES string of the molecule is COCc1cc(CCO)cc(OC)c1OC. The highest BCUT2D eigenvalue weighted by molar-refractivity contribution is 5.49. The molecule has 1 aromatic carbocycles. The van der Waals surface area contributed by atoms with Crippen LogP contribution in [-0.2, 0) is 17.8 Å². The normalized spacial score (nSPS) is 10.2. The van der Waals surface area contributed by atoms with Gasteiger partial charge in [0, 0.05) is 19.3 Å². The summed E-state index contributed by atoms with van der Waals surface area (Å²) in [5.74, 6) is 1.35. The number of benzene rings is 1. The first-order valence-electron chi connectivity index (χ1n) is 5.10. The lowest BCUT2D eigenvalue weighted by atomic mass is 10.1. The highest BCUT2D eigenvalue weighted by Gasteiger charge is 2.11. The van der Waals surface area contributed by atoms with Crippen molar-refractivity contribution in [1.82, 2.24) is 0 Å². The first kappa shape index (κ1) is 12.8. The lowest BCUT2D eigenvalue weighted by Gasteiger charge is -2.14. The maximum absolute atomic E-state index is 8.93. The third-order valence-electron chi connectivity index (χ3n) is 2.32. The molecule has 1 N–H and O–H groups in total. The molecule has 0 bridgehead atoms. The highest BCUT2D eigenvalue weighted by atomic mass is 16.5. The van der Waals surface area contributed by atoms with Crippen LogP contribution < -0.4 is 9.47 Å². The number of aliphatic hydroxyl groups excluding tert-OH is 1. The van der Waals surface area contributed by atoms with Crippen LogP contribution in [0.1, 0.15) is 11.1 Å². The first-order chi connectivity index (χ1) is 7.76. The molecule has 1 aromatic rings. The number of ether oxygens (including phenoxy) is 3. The summed E-state index contributed by atoms with van der Waals surface area (Å²) in [4.78, 5) is 0. The van der Waals surface area contributed by atoms with Crippen LogP contribution in [0.4, 0.5) is 0 Å². The maximum atomic E-state index is 8.93. The average molecular weight is 226 g/mol. The molecule has 90 valence electrons. The van der Waals surface area contributed by atoms with Crippen LogP contribution in [0.5, 0.6) is 11.5 Å². The molecule has 0 heterocycles. The summed E-state index contributed by atoms with van der Waals surface area (Å²) in [6, 6.07) is 3.83. The lowest BCUT2D eigenvalue weighted by Crippen LogP contribution is -2.01. The van der Waals surface area contributed by atoms with E-state index in [1.807, 2.05) is 12.1 Å². The van der Waals surface area contributed by atoms with Crippen LogP contribution in [0.25, 0.3) is 0 Å². The maximum Gasteiger partial charge on any atom is 0.166 e. The minimum Gasteiger partial charge on any atom is -0.493 e. The van der Waals surface area contributed by atoms with Crippen molar-refractivity contribution in [2.24, 2.45) is 0 Å². The van der Waals surface area contributed by atoms with Crippen LogP contribution in [0.2, 0.25) is 0 Å². The summed E-state index contributed by atoms with van der Waals surface area (Å²) in [5.41, 5.74) is 1.93. The van der Waals surface area contributed by atoms with Gasteiger partial charge in [0.25, 0.3) is 0 Å². The van der Waals surface area contributed by atoms with Crippen molar-refractivity contribution in [3.63, 3.8) is 0 Å². The molecular weight excluding hydrogens is 208 g/mol. The molecule has 0 unspecified atom stereocenters. The van der Waals surface area contributed by atoms with Gasteiger partial charge in [-0.2, -0.15) is 0 Å². The van der Waals surface area contributed by atoms with Crippen molar-refractivity contribution in [1.29, 1.82) is 0 Å². The minimum absolute atomic E-state index is 0.113. The predicted octanol–water partition coefficient (Wildman–Crippen LogP) is 1.39. The highest BCUT2D eigenvalue weighted by Crippen LogP contribution is 2.33. The fourth-order valence-corrected chi connectivity index (χ4v) is 1.64. The Bertz CT molecular complexity index is 336. The molecule has 0 spiro atoms. The van der Waals surface area contributed by atoms with E-state index in [1.165, 1.54) is 0 Å². The Morgan fingerprint density at radius 2 is 1.88 bits per heavy atom. The molecule has 0 aliphatic carbocycles. The molecule has 1 rings (SSSR count). The van der Waals surface area contributed by atoms with Crippen molar-refractivity contribution in [2.45, 2.75) is 13.0 Å². The molecule has 0 aromatic heterocycles. The van der Waals surface area contributed by atoms with Crippen LogP contribution in [-0.4, -0.2) is 33.0 Å². The van der Waals surface area contributed by atoms with Crippen LogP contribution >= 0.6 is 0 Å². The van der Waals surface area contributed by atoms with Crippen LogP contribution in [0, 0.1) is 0 Å². The molecule has 0 saturated carbocycles. The van der Waals surface area contributed by atoms with Gasteiger partial charge in [0.05, 0.1) is 20.8 Å². The van der Waals surface area contributed by atoms with Gasteiger partial charge in [0.2, 0.25) is 0 Å². The number of hydrogen-bond acceptors (Lipinski definition) is 4. The summed E-state index contributed by atoms with van der Waals surface area (Å²) in [6.45, 7) is 0.570. The van der Waals surface area contributed by atoms with Gasteiger partial charge in [-0.05, 0) is 24.1 Å². The second-order valence-electron chi connectivity index (χ2n) is 3.40. The minimum atomic E-state index is 0.113. The van der Waals surface area contributed by atoms with Crippen LogP contribution in [0.15, 0.2) is 12.1 Å². The van der Waals surface area contributed by atoms with E-state index in [0.29, 0.717) is 24.5 Å². The van der Waals surface area contributed by atoms with Gasteiger partial charge in [-0.3, -0.25) is 0 Å². The van der Waals surface area contributed by atoms with Gasteiger partial charge in [-0.25, -0.2) is 0 Å². The van der Waals surface area contributed by atoms with Gasteiger partial charge in [-0.1, -0.05) is 0 Å². The number of methoxy groups -OCH3 is 3. The molecule has 0 radical (unpaired) electrons. The van der Waals surface area contributed by atoms with Crippen molar-refractivity contribution in [3.8, 4) is 11.5 Å².